The van der Waals surface area contributed by atoms with Crippen molar-refractivity contribution in [2.24, 2.45) is 0 Å². The predicted molar refractivity (Wildman–Crippen MR) is 69.7 cm³/mol. The first-order valence-electron chi connectivity index (χ1n) is 5.81. The van der Waals surface area contributed by atoms with Gasteiger partial charge in [0.25, 0.3) is 10.1 Å². The Morgan fingerprint density at radius 2 is 2.17 bits per heavy atom. The normalized spacial score (nSPS) is 13.0. The van der Waals surface area contributed by atoms with E-state index in [9.17, 15) is 8.42 Å². The Labute approximate surface area is 108 Å². The van der Waals surface area contributed by atoms with E-state index in [2.05, 4.69) is 9.17 Å². The maximum Gasteiger partial charge on any atom is 0.264 e. The van der Waals surface area contributed by atoms with Crippen LogP contribution in [-0.2, 0) is 20.7 Å². The summed E-state index contributed by atoms with van der Waals surface area (Å²) >= 11 is 0. The number of hydrogen-bond donors (Lipinski definition) is 0. The first kappa shape index (κ1) is 14.9. The monoisotopic (exact) mass is 273 g/mol. The minimum atomic E-state index is -3.40. The molecule has 102 valence electrons. The lowest BCUT2D eigenvalue weighted by molar-refractivity contribution is 0.324. The highest BCUT2D eigenvalue weighted by atomic mass is 32.2. The molecule has 1 rings (SSSR count). The van der Waals surface area contributed by atoms with Gasteiger partial charge in [-0.15, -0.1) is 0 Å². The van der Waals surface area contributed by atoms with Crippen LogP contribution in [0, 0.1) is 6.92 Å². The smallest absolute Gasteiger partial charge is 0.264 e. The molecule has 0 aliphatic rings. The molecule has 0 unspecified atom stereocenters. The first-order valence-corrected chi connectivity index (χ1v) is 7.63. The Balaban J connectivity index is 2.71. The van der Waals surface area contributed by atoms with Crippen LogP contribution in [0.5, 0.6) is 0 Å². The number of rotatable bonds is 6. The van der Waals surface area contributed by atoms with E-state index < -0.39 is 10.1 Å². The summed E-state index contributed by atoms with van der Waals surface area (Å²) in [7, 11) is -3.40. The van der Waals surface area contributed by atoms with E-state index in [0.29, 0.717) is 18.1 Å². The van der Waals surface area contributed by atoms with Crippen molar-refractivity contribution in [1.82, 2.24) is 4.98 Å². The molecule has 0 atom stereocenters. The summed E-state index contributed by atoms with van der Waals surface area (Å²) in [6.07, 6.45) is 4.39. The predicted octanol–water partition coefficient (Wildman–Crippen LogP) is 2.32. The Morgan fingerprint density at radius 3 is 2.72 bits per heavy atom. The van der Waals surface area contributed by atoms with Gasteiger partial charge in [-0.3, -0.25) is 4.18 Å². The van der Waals surface area contributed by atoms with Crippen LogP contribution >= 0.6 is 0 Å². The molecule has 0 amide bonds. The topological polar surface area (TPSA) is 69.4 Å². The van der Waals surface area contributed by atoms with Crippen molar-refractivity contribution in [1.29, 1.82) is 0 Å². The van der Waals surface area contributed by atoms with E-state index in [1.807, 2.05) is 26.8 Å². The maximum atomic E-state index is 10.8. The zero-order valence-corrected chi connectivity index (χ0v) is 12.0. The fourth-order valence-corrected chi connectivity index (χ4v) is 1.90. The van der Waals surface area contributed by atoms with Gasteiger partial charge in [-0.25, -0.2) is 4.98 Å². The van der Waals surface area contributed by atoms with E-state index in [0.717, 1.165) is 23.9 Å². The largest absolute Gasteiger partial charge is 0.442 e. The molecule has 1 aromatic rings. The second-order valence-corrected chi connectivity index (χ2v) is 5.74. The zero-order valence-electron chi connectivity index (χ0n) is 11.2. The van der Waals surface area contributed by atoms with Crippen molar-refractivity contribution < 1.29 is 17.0 Å². The summed E-state index contributed by atoms with van der Waals surface area (Å²) in [5.41, 5.74) is 1.72. The van der Waals surface area contributed by atoms with Crippen molar-refractivity contribution in [2.45, 2.75) is 33.6 Å². The number of allylic oxidation sites excluding steroid dienone is 2. The Kier molecular flexibility index (Phi) is 5.10. The van der Waals surface area contributed by atoms with Crippen molar-refractivity contribution >= 4 is 15.7 Å². The van der Waals surface area contributed by atoms with Gasteiger partial charge in [-0.2, -0.15) is 8.42 Å². The molecule has 0 N–H and O–H groups in total. The lowest BCUT2D eigenvalue weighted by Crippen LogP contribution is -2.06. The van der Waals surface area contributed by atoms with Gasteiger partial charge in [0.05, 0.1) is 18.6 Å². The number of hydrogen-bond acceptors (Lipinski definition) is 5. The summed E-state index contributed by atoms with van der Waals surface area (Å²) in [5.74, 6) is 1.29. The van der Waals surface area contributed by atoms with Gasteiger partial charge in [0, 0.05) is 12.0 Å². The van der Waals surface area contributed by atoms with Crippen LogP contribution < -0.4 is 0 Å². The molecule has 0 aliphatic heterocycles. The Bertz CT molecular complexity index is 528. The zero-order chi connectivity index (χ0) is 13.8. The highest BCUT2D eigenvalue weighted by Crippen LogP contribution is 2.18. The summed E-state index contributed by atoms with van der Waals surface area (Å²) in [5, 5.41) is 0. The number of aromatic nitrogens is 1. The van der Waals surface area contributed by atoms with Crippen LogP contribution in [0.1, 0.15) is 37.6 Å². The average molecular weight is 273 g/mol. The lowest BCUT2D eigenvalue weighted by atomic mass is 10.2. The van der Waals surface area contributed by atoms with Crippen LogP contribution in [0.3, 0.4) is 0 Å². The number of oxazole rings is 1. The second kappa shape index (κ2) is 6.15. The molecule has 5 nitrogen and oxygen atoms in total. The standard InChI is InChI=1S/C12H19NO4S/c1-5-6-9(2)12-13-11(10(3)17-12)7-8-16-18(4,14)15/h6H,5,7-8H2,1-4H3. The minimum Gasteiger partial charge on any atom is -0.442 e. The van der Waals surface area contributed by atoms with Gasteiger partial charge in [0.2, 0.25) is 5.89 Å². The Morgan fingerprint density at radius 1 is 1.50 bits per heavy atom. The van der Waals surface area contributed by atoms with Crippen molar-refractivity contribution in [2.75, 3.05) is 12.9 Å². The van der Waals surface area contributed by atoms with Gasteiger partial charge >= 0.3 is 0 Å². The molecule has 1 aromatic heterocycles. The molecule has 18 heavy (non-hydrogen) atoms. The van der Waals surface area contributed by atoms with Crippen molar-refractivity contribution in [3.8, 4) is 0 Å². The second-order valence-electron chi connectivity index (χ2n) is 4.09. The molecule has 0 bridgehead atoms. The van der Waals surface area contributed by atoms with Gasteiger partial charge in [0.1, 0.15) is 5.76 Å². The van der Waals surface area contributed by atoms with E-state index in [1.165, 1.54) is 0 Å². The van der Waals surface area contributed by atoms with Crippen LogP contribution in [0.2, 0.25) is 0 Å². The van der Waals surface area contributed by atoms with E-state index >= 15 is 0 Å². The Hall–Kier alpha value is -1.14. The van der Waals surface area contributed by atoms with Crippen molar-refractivity contribution in [3.05, 3.63) is 23.4 Å². The molecule has 0 saturated carbocycles. The van der Waals surface area contributed by atoms with Gasteiger partial charge in [-0.1, -0.05) is 13.0 Å². The molecule has 0 saturated heterocycles. The molecule has 0 fully saturated rings. The molecule has 1 heterocycles. The summed E-state index contributed by atoms with van der Waals surface area (Å²) in [4.78, 5) is 4.34. The van der Waals surface area contributed by atoms with E-state index in [4.69, 9.17) is 4.42 Å². The SMILES string of the molecule is CCC=C(C)c1nc(CCOS(C)(=O)=O)c(C)o1. The maximum absolute atomic E-state index is 10.8. The lowest BCUT2D eigenvalue weighted by Gasteiger charge is -1.98. The van der Waals surface area contributed by atoms with Gasteiger partial charge < -0.3 is 4.42 Å². The van der Waals surface area contributed by atoms with Crippen LogP contribution in [0.25, 0.3) is 5.57 Å². The minimum absolute atomic E-state index is 0.0855. The fraction of sp³-hybridized carbons (Fsp3) is 0.583. The third kappa shape index (κ3) is 4.62. The average Bonchev–Trinajstić information content (AvgIpc) is 2.59. The van der Waals surface area contributed by atoms with Crippen LogP contribution in [0.4, 0.5) is 0 Å². The number of nitrogens with zero attached hydrogens (tertiary/aromatic N) is 1. The van der Waals surface area contributed by atoms with Crippen molar-refractivity contribution in [3.63, 3.8) is 0 Å². The summed E-state index contributed by atoms with van der Waals surface area (Å²) in [6, 6.07) is 0. The molecule has 0 radical (unpaired) electrons. The quantitative estimate of drug-likeness (QED) is 0.744. The highest BCUT2D eigenvalue weighted by molar-refractivity contribution is 7.85. The van der Waals surface area contributed by atoms with Gasteiger partial charge in [-0.05, 0) is 20.3 Å². The molecule has 0 spiro atoms. The number of aryl methyl sites for hydroxylation is 1. The summed E-state index contributed by atoms with van der Waals surface area (Å²) < 4.78 is 31.9. The third-order valence-electron chi connectivity index (χ3n) is 2.38. The molecular weight excluding hydrogens is 254 g/mol. The van der Waals surface area contributed by atoms with Crippen LogP contribution in [0.15, 0.2) is 10.5 Å². The van der Waals surface area contributed by atoms with E-state index in [1.54, 1.807) is 0 Å². The van der Waals surface area contributed by atoms with Crippen LogP contribution in [-0.4, -0.2) is 26.3 Å². The first-order chi connectivity index (χ1) is 8.33. The van der Waals surface area contributed by atoms with E-state index in [-0.39, 0.29) is 6.61 Å². The third-order valence-corrected chi connectivity index (χ3v) is 2.97. The van der Waals surface area contributed by atoms with Gasteiger partial charge in [0.15, 0.2) is 0 Å². The molecular formula is C12H19NO4S. The molecule has 0 aliphatic carbocycles. The summed E-state index contributed by atoms with van der Waals surface area (Å²) in [6.45, 7) is 5.87. The molecule has 6 heteroatoms. The molecule has 0 aromatic carbocycles. The highest BCUT2D eigenvalue weighted by Gasteiger charge is 2.11. The fourth-order valence-electron chi connectivity index (χ4n) is 1.51.